The number of hydrogen-bond acceptors (Lipinski definition) is 4. The van der Waals surface area contributed by atoms with Gasteiger partial charge in [0.1, 0.15) is 0 Å². The smallest absolute Gasteiger partial charge is 0.227 e. The van der Waals surface area contributed by atoms with Crippen LogP contribution in [-0.2, 0) is 4.79 Å². The van der Waals surface area contributed by atoms with E-state index in [4.69, 9.17) is 0 Å². The summed E-state index contributed by atoms with van der Waals surface area (Å²) in [5.41, 5.74) is 8.74. The van der Waals surface area contributed by atoms with Crippen molar-refractivity contribution in [2.24, 2.45) is 5.92 Å². The molecule has 1 aromatic carbocycles. The molecule has 23 heavy (non-hydrogen) atoms. The van der Waals surface area contributed by atoms with Gasteiger partial charge in [0, 0.05) is 49.7 Å². The molecule has 0 radical (unpaired) electrons. The molecule has 3 unspecified atom stereocenters. The van der Waals surface area contributed by atoms with Crippen LogP contribution in [0.3, 0.4) is 0 Å². The second-order valence-corrected chi connectivity index (χ2v) is 6.44. The van der Waals surface area contributed by atoms with Crippen molar-refractivity contribution in [1.29, 1.82) is 0 Å². The van der Waals surface area contributed by atoms with Crippen molar-refractivity contribution in [2.75, 3.05) is 24.5 Å². The summed E-state index contributed by atoms with van der Waals surface area (Å²) in [5, 5.41) is 3.61. The van der Waals surface area contributed by atoms with Gasteiger partial charge in [-0.25, -0.2) is 0 Å². The van der Waals surface area contributed by atoms with E-state index in [0.29, 0.717) is 24.4 Å². The number of nitrogens with one attached hydrogen (secondary N) is 3. The highest BCUT2D eigenvalue weighted by Gasteiger charge is 2.23. The van der Waals surface area contributed by atoms with E-state index < -0.39 is 0 Å². The molecule has 3 rings (SSSR count). The Morgan fingerprint density at radius 1 is 1.35 bits per heavy atom. The van der Waals surface area contributed by atoms with Crippen LogP contribution < -0.4 is 21.1 Å². The third-order valence-corrected chi connectivity index (χ3v) is 4.87. The molecule has 2 heterocycles. The maximum absolute atomic E-state index is 11.8. The van der Waals surface area contributed by atoms with Crippen LogP contribution in [0.4, 0.5) is 5.69 Å². The molecule has 2 aliphatic heterocycles. The maximum Gasteiger partial charge on any atom is 0.227 e. The zero-order valence-corrected chi connectivity index (χ0v) is 14.7. The summed E-state index contributed by atoms with van der Waals surface area (Å²) in [7, 11) is 0. The van der Waals surface area contributed by atoms with Gasteiger partial charge in [0.2, 0.25) is 5.91 Å². The first kappa shape index (κ1) is 18.2. The minimum atomic E-state index is 0. The summed E-state index contributed by atoms with van der Waals surface area (Å²) in [6.07, 6.45) is 1.65. The van der Waals surface area contributed by atoms with Gasteiger partial charge in [-0.15, -0.1) is 12.4 Å². The van der Waals surface area contributed by atoms with E-state index >= 15 is 0 Å². The van der Waals surface area contributed by atoms with Crippen molar-refractivity contribution in [3.8, 4) is 0 Å². The zero-order chi connectivity index (χ0) is 15.5. The molecule has 0 spiro atoms. The highest BCUT2D eigenvalue weighted by molar-refractivity contribution is 5.95. The predicted octanol–water partition coefficient (Wildman–Crippen LogP) is 2.00. The van der Waals surface area contributed by atoms with Crippen molar-refractivity contribution in [3.63, 3.8) is 0 Å². The largest absolute Gasteiger partial charge is 0.312 e. The molecule has 1 aromatic rings. The minimum absolute atomic E-state index is 0. The minimum Gasteiger partial charge on any atom is -0.312 e. The molecule has 128 valence electrons. The van der Waals surface area contributed by atoms with E-state index in [0.717, 1.165) is 31.7 Å². The number of anilines is 1. The van der Waals surface area contributed by atoms with Gasteiger partial charge < -0.3 is 10.2 Å². The second-order valence-electron chi connectivity index (χ2n) is 6.44. The van der Waals surface area contributed by atoms with Gasteiger partial charge >= 0.3 is 0 Å². The van der Waals surface area contributed by atoms with Crippen molar-refractivity contribution in [1.82, 2.24) is 16.2 Å². The molecular weight excluding hydrogens is 312 g/mol. The number of hydrazine groups is 1. The van der Waals surface area contributed by atoms with E-state index in [-0.39, 0.29) is 18.3 Å². The highest BCUT2D eigenvalue weighted by Crippen LogP contribution is 2.23. The van der Waals surface area contributed by atoms with Crippen molar-refractivity contribution in [3.05, 3.63) is 29.8 Å². The Hall–Kier alpha value is -1.14. The van der Waals surface area contributed by atoms with Crippen LogP contribution in [-0.4, -0.2) is 31.6 Å². The van der Waals surface area contributed by atoms with Crippen LogP contribution in [0.25, 0.3) is 0 Å². The third-order valence-electron chi connectivity index (χ3n) is 4.87. The van der Waals surface area contributed by atoms with Gasteiger partial charge in [-0.05, 0) is 38.0 Å². The molecule has 0 saturated carbocycles. The molecule has 2 fully saturated rings. The molecule has 3 atom stereocenters. The average Bonchev–Trinajstić information content (AvgIpc) is 3.13. The van der Waals surface area contributed by atoms with Crippen LogP contribution in [0.2, 0.25) is 0 Å². The number of carbonyl (C=O) groups is 1. The van der Waals surface area contributed by atoms with Gasteiger partial charge in [-0.1, -0.05) is 12.1 Å². The quantitative estimate of drug-likeness (QED) is 0.768. The molecule has 0 bridgehead atoms. The Kier molecular flexibility index (Phi) is 6.41. The molecule has 2 aliphatic rings. The van der Waals surface area contributed by atoms with Crippen molar-refractivity contribution in [2.45, 2.75) is 38.8 Å². The average molecular weight is 339 g/mol. The summed E-state index contributed by atoms with van der Waals surface area (Å²) in [6, 6.07) is 9.22. The van der Waals surface area contributed by atoms with E-state index in [2.05, 4.69) is 54.3 Å². The molecule has 3 N–H and O–H groups in total. The monoisotopic (exact) mass is 338 g/mol. The Morgan fingerprint density at radius 3 is 2.65 bits per heavy atom. The third kappa shape index (κ3) is 4.23. The molecular formula is C17H27ClN4O. The summed E-state index contributed by atoms with van der Waals surface area (Å²) in [4.78, 5) is 13.7. The summed E-state index contributed by atoms with van der Waals surface area (Å²) < 4.78 is 0. The van der Waals surface area contributed by atoms with Crippen LogP contribution in [0.1, 0.15) is 38.3 Å². The fourth-order valence-electron chi connectivity index (χ4n) is 3.20. The fraction of sp³-hybridized carbons (Fsp3) is 0.588. The first-order chi connectivity index (χ1) is 10.6. The van der Waals surface area contributed by atoms with Gasteiger partial charge in [-0.2, -0.15) is 0 Å². The lowest BCUT2D eigenvalue weighted by Crippen LogP contribution is -2.33. The molecule has 0 aliphatic carbocycles. The summed E-state index contributed by atoms with van der Waals surface area (Å²) in [5.74, 6) is 0.859. The molecule has 5 nitrogen and oxygen atoms in total. The second kappa shape index (κ2) is 8.11. The number of rotatable bonds is 5. The van der Waals surface area contributed by atoms with Gasteiger partial charge in [0.05, 0.1) is 0 Å². The lowest BCUT2D eigenvalue weighted by Gasteiger charge is -2.21. The van der Waals surface area contributed by atoms with Gasteiger partial charge in [-0.3, -0.25) is 15.6 Å². The SMILES string of the molecule is CC(NCC1CNNC1C)c1ccc(N2CCCC2=O)cc1.Cl. The Labute approximate surface area is 144 Å². The Balaban J connectivity index is 0.00000192. The summed E-state index contributed by atoms with van der Waals surface area (Å²) in [6.45, 7) is 7.26. The number of hydrogen-bond donors (Lipinski definition) is 3. The van der Waals surface area contributed by atoms with Crippen molar-refractivity contribution >= 4 is 24.0 Å². The number of halogens is 1. The van der Waals surface area contributed by atoms with Crippen LogP contribution >= 0.6 is 12.4 Å². The molecule has 1 amide bonds. The summed E-state index contributed by atoms with van der Waals surface area (Å²) >= 11 is 0. The Morgan fingerprint density at radius 2 is 2.09 bits per heavy atom. The lowest BCUT2D eigenvalue weighted by molar-refractivity contribution is -0.117. The number of amides is 1. The van der Waals surface area contributed by atoms with Crippen LogP contribution in [0.5, 0.6) is 0 Å². The van der Waals surface area contributed by atoms with Crippen molar-refractivity contribution < 1.29 is 4.79 Å². The maximum atomic E-state index is 11.8. The molecule has 0 aromatic heterocycles. The predicted molar refractivity (Wildman–Crippen MR) is 95.8 cm³/mol. The highest BCUT2D eigenvalue weighted by atomic mass is 35.5. The molecule has 6 heteroatoms. The van der Waals surface area contributed by atoms with E-state index in [1.807, 2.05) is 4.90 Å². The standard InChI is InChI=1S/C17H26N4O.ClH/c1-12(18-10-15-11-19-20-13(15)2)14-5-7-16(8-6-14)21-9-3-4-17(21)22;/h5-8,12-13,15,18-20H,3-4,9-11H2,1-2H3;1H. The first-order valence-corrected chi connectivity index (χ1v) is 8.27. The lowest BCUT2D eigenvalue weighted by atomic mass is 10.0. The van der Waals surface area contributed by atoms with Gasteiger partial charge in [0.25, 0.3) is 0 Å². The normalized spacial score (nSPS) is 25.5. The topological polar surface area (TPSA) is 56.4 Å². The number of carbonyl (C=O) groups excluding carboxylic acids is 1. The van der Waals surface area contributed by atoms with E-state index in [1.54, 1.807) is 0 Å². The van der Waals surface area contributed by atoms with E-state index in [9.17, 15) is 4.79 Å². The fourth-order valence-corrected chi connectivity index (χ4v) is 3.20. The van der Waals surface area contributed by atoms with Crippen LogP contribution in [0, 0.1) is 5.92 Å². The van der Waals surface area contributed by atoms with Gasteiger partial charge in [0.15, 0.2) is 0 Å². The number of benzene rings is 1. The number of nitrogens with zero attached hydrogens (tertiary/aromatic N) is 1. The Bertz CT molecular complexity index is 522. The van der Waals surface area contributed by atoms with E-state index in [1.165, 1.54) is 5.56 Å². The molecule has 2 saturated heterocycles. The zero-order valence-electron chi connectivity index (χ0n) is 13.8. The van der Waals surface area contributed by atoms with Crippen LogP contribution in [0.15, 0.2) is 24.3 Å². The first-order valence-electron chi connectivity index (χ1n) is 8.27.